The first-order valence-electron chi connectivity index (χ1n) is 10.1. The van der Waals surface area contributed by atoms with E-state index in [9.17, 15) is 0 Å². The highest BCUT2D eigenvalue weighted by molar-refractivity contribution is 5.96. The molecule has 0 fully saturated rings. The van der Waals surface area contributed by atoms with Crippen LogP contribution < -0.4 is 4.90 Å². The van der Waals surface area contributed by atoms with Crippen molar-refractivity contribution in [2.75, 3.05) is 19.0 Å². The molecule has 2 heterocycles. The Balaban J connectivity index is -0.000000929. The molecule has 4 rings (SSSR count). The second-order valence-electron chi connectivity index (χ2n) is 6.24. The Hall–Kier alpha value is -2.61. The number of hydrogen-bond acceptors (Lipinski definition) is 1. The number of rotatable bonds is 2. The summed E-state index contributed by atoms with van der Waals surface area (Å²) >= 11 is 0. The van der Waals surface area contributed by atoms with Crippen LogP contribution in [-0.2, 0) is 12.8 Å². The van der Waals surface area contributed by atoms with Gasteiger partial charge in [0.15, 0.2) is 5.71 Å². The van der Waals surface area contributed by atoms with Gasteiger partial charge in [-0.2, -0.15) is 4.58 Å². The van der Waals surface area contributed by atoms with E-state index in [0.29, 0.717) is 0 Å². The van der Waals surface area contributed by atoms with Crippen LogP contribution in [0.2, 0.25) is 0 Å². The number of hydrogen-bond donors (Lipinski definition) is 0. The van der Waals surface area contributed by atoms with E-state index in [1.54, 1.807) is 0 Å². The number of para-hydroxylation sites is 2. The van der Waals surface area contributed by atoms with Gasteiger partial charge >= 0.3 is 0 Å². The molecule has 0 atom stereocenters. The van der Waals surface area contributed by atoms with Crippen LogP contribution in [0.4, 0.5) is 11.4 Å². The first-order valence-corrected chi connectivity index (χ1v) is 10.1. The summed E-state index contributed by atoms with van der Waals surface area (Å²) in [4.78, 5) is 2.29. The van der Waals surface area contributed by atoms with Crippen LogP contribution in [0.3, 0.4) is 0 Å². The number of likely N-dealkylation sites (N-methyl/N-ethyl adjacent to an activating group) is 1. The summed E-state index contributed by atoms with van der Waals surface area (Å²) in [5.74, 6) is 0. The van der Waals surface area contributed by atoms with E-state index >= 15 is 0 Å². The third kappa shape index (κ3) is 7.24. The molecule has 2 aromatic carbocycles. The van der Waals surface area contributed by atoms with Crippen molar-refractivity contribution in [1.29, 1.82) is 0 Å². The number of allylic oxidation sites excluding steroid dienone is 4. The van der Waals surface area contributed by atoms with Gasteiger partial charge in [0, 0.05) is 42.6 Å². The number of fused-ring (bicyclic) bond motifs is 2. The Morgan fingerprint density at radius 2 is 1.32 bits per heavy atom. The van der Waals surface area contributed by atoms with Crippen LogP contribution >= 0.6 is 0 Å². The lowest BCUT2D eigenvalue weighted by atomic mass is 10.1. The fourth-order valence-electron chi connectivity index (χ4n) is 3.52. The van der Waals surface area contributed by atoms with Crippen molar-refractivity contribution < 1.29 is 4.58 Å². The van der Waals surface area contributed by atoms with Crippen molar-refractivity contribution in [3.05, 3.63) is 83.6 Å². The molecule has 0 unspecified atom stereocenters. The second-order valence-corrected chi connectivity index (χ2v) is 6.24. The molecule has 0 amide bonds. The third-order valence-corrected chi connectivity index (χ3v) is 4.89. The SMILES string of the molecule is C.C.C.C.CC.CC.CN1C(=CC=CC2=[N+](C)c3ccccc3C2)Cc2ccccc21. The van der Waals surface area contributed by atoms with Gasteiger partial charge in [0.05, 0.1) is 6.42 Å². The molecule has 0 bridgehead atoms. The monoisotopic (exact) mass is 425 g/mol. The summed E-state index contributed by atoms with van der Waals surface area (Å²) < 4.78 is 2.29. The summed E-state index contributed by atoms with van der Waals surface area (Å²) in [6.07, 6.45) is 8.70. The number of anilines is 1. The lowest BCUT2D eigenvalue weighted by molar-refractivity contribution is -0.400. The Labute approximate surface area is 194 Å². The maximum atomic E-state index is 2.29. The van der Waals surface area contributed by atoms with Crippen molar-refractivity contribution in [2.24, 2.45) is 0 Å². The van der Waals surface area contributed by atoms with Crippen molar-refractivity contribution >= 4 is 17.1 Å². The van der Waals surface area contributed by atoms with Crippen LogP contribution in [-0.4, -0.2) is 24.4 Å². The van der Waals surface area contributed by atoms with E-state index in [4.69, 9.17) is 0 Å². The minimum atomic E-state index is 0. The van der Waals surface area contributed by atoms with Gasteiger partial charge in [-0.1, -0.05) is 99.9 Å². The zero-order chi connectivity index (χ0) is 19.8. The summed E-state index contributed by atoms with van der Waals surface area (Å²) in [5, 5.41) is 0. The summed E-state index contributed by atoms with van der Waals surface area (Å²) in [6.45, 7) is 8.00. The molecule has 0 aliphatic carbocycles. The summed E-state index contributed by atoms with van der Waals surface area (Å²) in [6, 6.07) is 17.3. The van der Waals surface area contributed by atoms with E-state index in [-0.39, 0.29) is 29.7 Å². The Bertz CT molecular complexity index is 857. The Morgan fingerprint density at radius 1 is 0.774 bits per heavy atom. The third-order valence-electron chi connectivity index (χ3n) is 4.89. The van der Waals surface area contributed by atoms with Crippen LogP contribution in [0.1, 0.15) is 68.5 Å². The highest BCUT2D eigenvalue weighted by atomic mass is 15.1. The summed E-state index contributed by atoms with van der Waals surface area (Å²) in [5.41, 5.74) is 8.16. The predicted molar refractivity (Wildman–Crippen MR) is 146 cm³/mol. The van der Waals surface area contributed by atoms with Gasteiger partial charge in [-0.25, -0.2) is 0 Å². The predicted octanol–water partition coefficient (Wildman–Crippen LogP) is 8.69. The Morgan fingerprint density at radius 3 is 1.90 bits per heavy atom. The molecule has 2 heteroatoms. The molecule has 0 aromatic heterocycles. The number of nitrogens with zero attached hydrogens (tertiary/aromatic N) is 2. The maximum absolute atomic E-state index is 2.29. The zero-order valence-electron chi connectivity index (χ0n) is 17.7. The second kappa shape index (κ2) is 16.1. The normalized spacial score (nSPS) is 13.9. The molecule has 0 radical (unpaired) electrons. The maximum Gasteiger partial charge on any atom is 0.208 e. The van der Waals surface area contributed by atoms with Gasteiger partial charge in [0.1, 0.15) is 7.05 Å². The first kappa shape index (κ1) is 33.0. The summed E-state index contributed by atoms with van der Waals surface area (Å²) in [7, 11) is 4.30. The molecule has 31 heavy (non-hydrogen) atoms. The van der Waals surface area contributed by atoms with Gasteiger partial charge in [-0.15, -0.1) is 0 Å². The Kier molecular flexibility index (Phi) is 17.2. The van der Waals surface area contributed by atoms with E-state index in [1.165, 1.54) is 33.9 Å². The van der Waals surface area contributed by atoms with Gasteiger partial charge in [-0.3, -0.25) is 0 Å². The van der Waals surface area contributed by atoms with E-state index in [0.717, 1.165) is 12.8 Å². The molecule has 2 aliphatic heterocycles. The van der Waals surface area contributed by atoms with Crippen molar-refractivity contribution in [2.45, 2.75) is 70.2 Å². The number of benzene rings is 2. The molecule has 0 saturated carbocycles. The zero-order valence-corrected chi connectivity index (χ0v) is 17.7. The minimum absolute atomic E-state index is 0. The van der Waals surface area contributed by atoms with E-state index in [1.807, 2.05) is 27.7 Å². The standard InChI is InChI=1S/C21H21N2.2C2H6.4CH4/c1-22-18(14-16-8-3-5-12-20(16)22)10-7-11-19-15-17-9-4-6-13-21(17)23(19)2;2*1-2;;;;/h3-13H,14-15H2,1-2H3;2*1-2H3;4*1H4/q+1;;;;;;. The average molecular weight is 426 g/mol. The van der Waals surface area contributed by atoms with Crippen LogP contribution in [0, 0.1) is 0 Å². The molecule has 2 aliphatic rings. The highest BCUT2D eigenvalue weighted by Gasteiger charge is 2.24. The minimum Gasteiger partial charge on any atom is -0.348 e. The lowest BCUT2D eigenvalue weighted by Gasteiger charge is -2.13. The molecule has 2 nitrogen and oxygen atoms in total. The van der Waals surface area contributed by atoms with E-state index in [2.05, 4.69) is 90.3 Å². The van der Waals surface area contributed by atoms with Crippen molar-refractivity contribution in [3.8, 4) is 0 Å². The largest absolute Gasteiger partial charge is 0.348 e. The van der Waals surface area contributed by atoms with Gasteiger partial charge in [0.25, 0.3) is 0 Å². The van der Waals surface area contributed by atoms with Crippen molar-refractivity contribution in [3.63, 3.8) is 0 Å². The van der Waals surface area contributed by atoms with E-state index < -0.39 is 0 Å². The fraction of sp³-hybridized carbons (Fsp3) is 0.414. The van der Waals surface area contributed by atoms with Crippen molar-refractivity contribution in [1.82, 2.24) is 0 Å². The molecular weight excluding hydrogens is 376 g/mol. The molecule has 2 aromatic rings. The fourth-order valence-corrected chi connectivity index (χ4v) is 3.52. The quantitative estimate of drug-likeness (QED) is 0.436. The molecule has 0 N–H and O–H groups in total. The van der Waals surface area contributed by atoms with Crippen LogP contribution in [0.5, 0.6) is 0 Å². The average Bonchev–Trinajstić information content (AvgIpc) is 3.23. The molecule has 174 valence electrons. The molecular formula is C29H49N2+. The van der Waals surface area contributed by atoms with Gasteiger partial charge < -0.3 is 4.90 Å². The highest BCUT2D eigenvalue weighted by Crippen LogP contribution is 2.32. The van der Waals surface area contributed by atoms with Gasteiger partial charge in [-0.05, 0) is 17.7 Å². The van der Waals surface area contributed by atoms with Crippen LogP contribution in [0.25, 0.3) is 0 Å². The lowest BCUT2D eigenvalue weighted by Crippen LogP contribution is -2.10. The molecule has 0 spiro atoms. The topological polar surface area (TPSA) is 6.25 Å². The first-order chi connectivity index (χ1) is 13.2. The molecule has 0 saturated heterocycles. The smallest absolute Gasteiger partial charge is 0.208 e. The van der Waals surface area contributed by atoms with Gasteiger partial charge in [0.2, 0.25) is 5.69 Å². The van der Waals surface area contributed by atoms with Crippen LogP contribution in [0.15, 0.2) is 72.5 Å².